The molecule has 3 rings (SSSR count). The molecule has 0 bridgehead atoms. The van der Waals surface area contributed by atoms with Crippen LogP contribution in [-0.4, -0.2) is 21.8 Å². The number of amides is 1. The van der Waals surface area contributed by atoms with Gasteiger partial charge in [0.05, 0.1) is 5.39 Å². The van der Waals surface area contributed by atoms with Gasteiger partial charge in [0.15, 0.2) is 5.69 Å². The van der Waals surface area contributed by atoms with Gasteiger partial charge >= 0.3 is 0 Å². The largest absolute Gasteiger partial charge is 0.292 e. The van der Waals surface area contributed by atoms with Crippen LogP contribution >= 0.6 is 0 Å². The topological polar surface area (TPSA) is 87.2 Å². The monoisotopic (exact) mass is 298 g/mol. The number of benzene rings is 1. The fourth-order valence-electron chi connectivity index (χ4n) is 2.68. The maximum absolute atomic E-state index is 12.3. The van der Waals surface area contributed by atoms with E-state index in [0.717, 1.165) is 37.3 Å². The second-order valence-electron chi connectivity index (χ2n) is 5.75. The zero-order chi connectivity index (χ0) is 15.5. The van der Waals surface area contributed by atoms with E-state index >= 15 is 0 Å². The minimum atomic E-state index is -0.404. The molecule has 0 spiro atoms. The number of carbonyl (C=O) groups excluding carboxylic acids is 1. The lowest BCUT2D eigenvalue weighted by Gasteiger charge is -2.18. The van der Waals surface area contributed by atoms with E-state index < -0.39 is 5.91 Å². The molecule has 1 amide bonds. The summed E-state index contributed by atoms with van der Waals surface area (Å²) in [6.45, 7) is 2.23. The highest BCUT2D eigenvalue weighted by molar-refractivity contribution is 6.05. The van der Waals surface area contributed by atoms with Crippen LogP contribution in [0.5, 0.6) is 0 Å². The molecule has 0 radical (unpaired) electrons. The summed E-state index contributed by atoms with van der Waals surface area (Å²) in [6, 6.07) is 6.90. The average molecular weight is 298 g/mol. The predicted octanol–water partition coefficient (Wildman–Crippen LogP) is 2.22. The first-order valence-corrected chi connectivity index (χ1v) is 7.48. The van der Waals surface area contributed by atoms with Gasteiger partial charge in [0.25, 0.3) is 11.5 Å². The summed E-state index contributed by atoms with van der Waals surface area (Å²) in [7, 11) is 0. The summed E-state index contributed by atoms with van der Waals surface area (Å²) in [5, 5.41) is 11.4. The summed E-state index contributed by atoms with van der Waals surface area (Å²) >= 11 is 0. The van der Waals surface area contributed by atoms with Crippen molar-refractivity contribution in [3.05, 3.63) is 40.3 Å². The van der Waals surface area contributed by atoms with E-state index in [4.69, 9.17) is 0 Å². The summed E-state index contributed by atoms with van der Waals surface area (Å²) in [4.78, 5) is 24.0. The molecular weight excluding hydrogens is 280 g/mol. The van der Waals surface area contributed by atoms with Crippen LogP contribution in [0.15, 0.2) is 34.2 Å². The van der Waals surface area contributed by atoms with Gasteiger partial charge in [-0.15, -0.1) is 0 Å². The summed E-state index contributed by atoms with van der Waals surface area (Å²) in [6.07, 6.45) is 4.05. The Morgan fingerprint density at radius 1 is 1.27 bits per heavy atom. The summed E-state index contributed by atoms with van der Waals surface area (Å²) in [5.74, 6) is 0.318. The van der Waals surface area contributed by atoms with Gasteiger partial charge in [-0.25, -0.2) is 10.5 Å². The molecule has 0 atom stereocenters. The molecule has 1 aliphatic rings. The molecule has 2 aromatic rings. The van der Waals surface area contributed by atoms with Crippen LogP contribution in [0.1, 0.15) is 43.1 Å². The lowest BCUT2D eigenvalue weighted by atomic mass is 9.90. The molecule has 6 nitrogen and oxygen atoms in total. The SMILES string of the molecule is CC1CCC(=NNC(=O)c2n[nH]c(=O)c3ccccc23)CC1. The first kappa shape index (κ1) is 14.4. The fraction of sp³-hybridized carbons (Fsp3) is 0.375. The highest BCUT2D eigenvalue weighted by Gasteiger charge is 2.16. The van der Waals surface area contributed by atoms with Crippen molar-refractivity contribution in [2.24, 2.45) is 11.0 Å². The van der Waals surface area contributed by atoms with E-state index in [-0.39, 0.29) is 11.3 Å². The standard InChI is InChI=1S/C16H18N4O2/c1-10-6-8-11(9-7-10)17-20-16(22)14-12-4-2-3-5-13(12)15(21)19-18-14/h2-5,10H,6-9H2,1H3,(H,19,21)(H,20,22). The minimum absolute atomic E-state index is 0.184. The van der Waals surface area contributed by atoms with Gasteiger partial charge in [-0.2, -0.15) is 10.2 Å². The maximum atomic E-state index is 12.3. The molecule has 0 unspecified atom stereocenters. The summed E-state index contributed by atoms with van der Waals surface area (Å²) < 4.78 is 0. The molecule has 22 heavy (non-hydrogen) atoms. The Morgan fingerprint density at radius 3 is 2.68 bits per heavy atom. The van der Waals surface area contributed by atoms with Crippen LogP contribution in [0.3, 0.4) is 0 Å². The normalized spacial score (nSPS) is 18.2. The van der Waals surface area contributed by atoms with E-state index in [2.05, 4.69) is 27.6 Å². The molecule has 1 saturated carbocycles. The Morgan fingerprint density at radius 2 is 1.95 bits per heavy atom. The van der Waals surface area contributed by atoms with E-state index in [1.54, 1.807) is 24.3 Å². The fourth-order valence-corrected chi connectivity index (χ4v) is 2.68. The highest BCUT2D eigenvalue weighted by atomic mass is 16.2. The first-order valence-electron chi connectivity index (χ1n) is 7.48. The van der Waals surface area contributed by atoms with Crippen LogP contribution in [0.4, 0.5) is 0 Å². The summed E-state index contributed by atoms with van der Waals surface area (Å²) in [5.41, 5.74) is 3.45. The average Bonchev–Trinajstić information content (AvgIpc) is 2.55. The Labute approximate surface area is 127 Å². The number of H-pyrrole nitrogens is 1. The van der Waals surface area contributed by atoms with Gasteiger partial charge in [-0.1, -0.05) is 25.1 Å². The second-order valence-corrected chi connectivity index (χ2v) is 5.75. The van der Waals surface area contributed by atoms with Gasteiger partial charge in [0.2, 0.25) is 0 Å². The van der Waals surface area contributed by atoms with Crippen LogP contribution in [-0.2, 0) is 0 Å². The van der Waals surface area contributed by atoms with E-state index in [1.807, 2.05) is 0 Å². The molecule has 1 aliphatic carbocycles. The van der Waals surface area contributed by atoms with Crippen molar-refractivity contribution >= 4 is 22.4 Å². The molecular formula is C16H18N4O2. The third-order valence-corrected chi connectivity index (χ3v) is 4.08. The molecule has 0 saturated heterocycles. The zero-order valence-corrected chi connectivity index (χ0v) is 12.4. The van der Waals surface area contributed by atoms with Crippen molar-refractivity contribution in [1.82, 2.24) is 15.6 Å². The number of fused-ring (bicyclic) bond motifs is 1. The molecule has 1 aromatic carbocycles. The maximum Gasteiger partial charge on any atom is 0.292 e. The zero-order valence-electron chi connectivity index (χ0n) is 12.4. The molecule has 1 fully saturated rings. The molecule has 114 valence electrons. The second kappa shape index (κ2) is 6.09. The third kappa shape index (κ3) is 2.90. The van der Waals surface area contributed by atoms with Crippen molar-refractivity contribution in [1.29, 1.82) is 0 Å². The van der Waals surface area contributed by atoms with Crippen molar-refractivity contribution in [2.75, 3.05) is 0 Å². The smallest absolute Gasteiger partial charge is 0.267 e. The Hall–Kier alpha value is -2.50. The van der Waals surface area contributed by atoms with Crippen LogP contribution in [0.2, 0.25) is 0 Å². The number of aromatic nitrogens is 2. The number of rotatable bonds is 2. The number of aromatic amines is 1. The molecule has 6 heteroatoms. The Balaban J connectivity index is 1.83. The van der Waals surface area contributed by atoms with E-state index in [1.165, 1.54) is 0 Å². The predicted molar refractivity (Wildman–Crippen MR) is 84.9 cm³/mol. The van der Waals surface area contributed by atoms with Crippen molar-refractivity contribution < 1.29 is 4.79 Å². The highest BCUT2D eigenvalue weighted by Crippen LogP contribution is 2.21. The number of nitrogens with zero attached hydrogens (tertiary/aromatic N) is 2. The number of carbonyl (C=O) groups is 1. The number of nitrogens with one attached hydrogen (secondary N) is 2. The minimum Gasteiger partial charge on any atom is -0.267 e. The Bertz CT molecular complexity index is 784. The van der Waals surface area contributed by atoms with Gasteiger partial charge in [-0.05, 0) is 37.7 Å². The van der Waals surface area contributed by atoms with Crippen LogP contribution in [0, 0.1) is 5.92 Å². The van der Waals surface area contributed by atoms with Gasteiger partial charge in [0.1, 0.15) is 0 Å². The molecule has 1 heterocycles. The molecule has 2 N–H and O–H groups in total. The van der Waals surface area contributed by atoms with E-state index in [0.29, 0.717) is 10.8 Å². The Kier molecular flexibility index (Phi) is 4.00. The first-order chi connectivity index (χ1) is 10.6. The molecule has 1 aromatic heterocycles. The number of hydrogen-bond acceptors (Lipinski definition) is 4. The number of hydrogen-bond donors (Lipinski definition) is 2. The van der Waals surface area contributed by atoms with Gasteiger partial charge in [0, 0.05) is 11.1 Å². The number of hydrazone groups is 1. The van der Waals surface area contributed by atoms with Gasteiger partial charge in [-0.3, -0.25) is 9.59 Å². The van der Waals surface area contributed by atoms with Crippen molar-refractivity contribution in [3.8, 4) is 0 Å². The molecule has 0 aliphatic heterocycles. The third-order valence-electron chi connectivity index (χ3n) is 4.08. The lowest BCUT2D eigenvalue weighted by molar-refractivity contribution is 0.0950. The van der Waals surface area contributed by atoms with Crippen LogP contribution < -0.4 is 11.0 Å². The lowest BCUT2D eigenvalue weighted by Crippen LogP contribution is -2.24. The van der Waals surface area contributed by atoms with Crippen molar-refractivity contribution in [3.63, 3.8) is 0 Å². The van der Waals surface area contributed by atoms with Gasteiger partial charge < -0.3 is 0 Å². The quantitative estimate of drug-likeness (QED) is 0.833. The van der Waals surface area contributed by atoms with Crippen molar-refractivity contribution in [2.45, 2.75) is 32.6 Å². The van der Waals surface area contributed by atoms with E-state index in [9.17, 15) is 9.59 Å². The van der Waals surface area contributed by atoms with Crippen LogP contribution in [0.25, 0.3) is 10.8 Å².